The molecule has 0 heterocycles. The highest BCUT2D eigenvalue weighted by atomic mass is 16.4. The fourth-order valence-electron chi connectivity index (χ4n) is 1.44. The fourth-order valence-corrected chi connectivity index (χ4v) is 1.44. The molecule has 16 heavy (non-hydrogen) atoms. The number of carbonyl (C=O) groups excluding carboxylic acids is 1. The van der Waals surface area contributed by atoms with Crippen LogP contribution < -0.4 is 10.6 Å². The van der Waals surface area contributed by atoms with Gasteiger partial charge in [0, 0.05) is 6.04 Å². The molecule has 0 rings (SSSR count). The lowest BCUT2D eigenvalue weighted by atomic mass is 10.1. The van der Waals surface area contributed by atoms with Gasteiger partial charge in [0.15, 0.2) is 0 Å². The van der Waals surface area contributed by atoms with Gasteiger partial charge in [-0.3, -0.25) is 9.59 Å². The van der Waals surface area contributed by atoms with Crippen LogP contribution in [0, 0.1) is 0 Å². The van der Waals surface area contributed by atoms with Gasteiger partial charge in [0.2, 0.25) is 5.91 Å². The van der Waals surface area contributed by atoms with E-state index >= 15 is 0 Å². The molecule has 0 aromatic heterocycles. The number of carboxylic acid groups (broad SMARTS) is 1. The standard InChI is InChI=1S/C11H22N2O3/c1-3-5-9(7-11(15)16)13-10(14)8-12-6-4-2/h9,12H,3-8H2,1-2H3,(H,13,14)(H,15,16). The van der Waals surface area contributed by atoms with Gasteiger partial charge in [-0.15, -0.1) is 0 Å². The van der Waals surface area contributed by atoms with Crippen molar-refractivity contribution >= 4 is 11.9 Å². The van der Waals surface area contributed by atoms with Crippen LogP contribution in [0.2, 0.25) is 0 Å². The summed E-state index contributed by atoms with van der Waals surface area (Å²) in [5.74, 6) is -1.01. The van der Waals surface area contributed by atoms with Gasteiger partial charge in [-0.2, -0.15) is 0 Å². The van der Waals surface area contributed by atoms with Crippen molar-refractivity contribution < 1.29 is 14.7 Å². The van der Waals surface area contributed by atoms with Crippen molar-refractivity contribution in [1.82, 2.24) is 10.6 Å². The largest absolute Gasteiger partial charge is 0.481 e. The molecule has 0 aromatic rings. The SMILES string of the molecule is CCCNCC(=O)NC(CCC)CC(=O)O. The van der Waals surface area contributed by atoms with E-state index in [9.17, 15) is 9.59 Å². The fraction of sp³-hybridized carbons (Fsp3) is 0.818. The highest BCUT2D eigenvalue weighted by Crippen LogP contribution is 2.01. The Morgan fingerprint density at radius 1 is 1.25 bits per heavy atom. The van der Waals surface area contributed by atoms with Gasteiger partial charge in [0.25, 0.3) is 0 Å². The van der Waals surface area contributed by atoms with Crippen LogP contribution in [-0.2, 0) is 9.59 Å². The molecule has 0 bridgehead atoms. The number of carboxylic acids is 1. The molecule has 0 aromatic carbocycles. The molecule has 0 spiro atoms. The van der Waals surface area contributed by atoms with Crippen molar-refractivity contribution in [2.45, 2.75) is 45.6 Å². The lowest BCUT2D eigenvalue weighted by molar-refractivity contribution is -0.137. The summed E-state index contributed by atoms with van der Waals surface area (Å²) in [6, 6.07) is -0.251. The number of hydrogen-bond acceptors (Lipinski definition) is 3. The van der Waals surface area contributed by atoms with Crippen LogP contribution in [0.5, 0.6) is 0 Å². The second-order valence-electron chi connectivity index (χ2n) is 3.83. The predicted molar refractivity (Wildman–Crippen MR) is 62.3 cm³/mol. The van der Waals surface area contributed by atoms with Crippen LogP contribution >= 0.6 is 0 Å². The molecule has 5 heteroatoms. The maximum atomic E-state index is 11.4. The summed E-state index contributed by atoms with van der Waals surface area (Å²) < 4.78 is 0. The van der Waals surface area contributed by atoms with E-state index < -0.39 is 5.97 Å². The van der Waals surface area contributed by atoms with Crippen LogP contribution in [0.3, 0.4) is 0 Å². The minimum Gasteiger partial charge on any atom is -0.481 e. The van der Waals surface area contributed by atoms with Crippen molar-refractivity contribution in [1.29, 1.82) is 0 Å². The highest BCUT2D eigenvalue weighted by molar-refractivity contribution is 5.79. The minimum absolute atomic E-state index is 0.00659. The van der Waals surface area contributed by atoms with E-state index in [4.69, 9.17) is 5.11 Å². The van der Waals surface area contributed by atoms with Crippen molar-refractivity contribution in [2.75, 3.05) is 13.1 Å². The molecule has 5 nitrogen and oxygen atoms in total. The molecule has 0 radical (unpaired) electrons. The lowest BCUT2D eigenvalue weighted by Gasteiger charge is -2.16. The monoisotopic (exact) mass is 230 g/mol. The van der Waals surface area contributed by atoms with Gasteiger partial charge < -0.3 is 15.7 Å². The van der Waals surface area contributed by atoms with Crippen LogP contribution in [0.4, 0.5) is 0 Å². The first kappa shape index (κ1) is 14.9. The summed E-state index contributed by atoms with van der Waals surface area (Å²) in [6.45, 7) is 5.05. The zero-order chi connectivity index (χ0) is 12.4. The Bertz CT molecular complexity index is 219. The Morgan fingerprint density at radius 3 is 2.44 bits per heavy atom. The summed E-state index contributed by atoms with van der Waals surface area (Å²) in [7, 11) is 0. The highest BCUT2D eigenvalue weighted by Gasteiger charge is 2.14. The third-order valence-electron chi connectivity index (χ3n) is 2.14. The average Bonchev–Trinajstić information content (AvgIpc) is 2.17. The smallest absolute Gasteiger partial charge is 0.305 e. The molecule has 0 saturated heterocycles. The van der Waals surface area contributed by atoms with Crippen molar-refractivity contribution in [3.63, 3.8) is 0 Å². The van der Waals surface area contributed by atoms with Crippen molar-refractivity contribution in [3.05, 3.63) is 0 Å². The number of carbonyl (C=O) groups is 2. The van der Waals surface area contributed by atoms with Gasteiger partial charge in [0.05, 0.1) is 13.0 Å². The van der Waals surface area contributed by atoms with Gasteiger partial charge in [-0.05, 0) is 19.4 Å². The number of nitrogens with one attached hydrogen (secondary N) is 2. The molecule has 1 amide bonds. The normalized spacial score (nSPS) is 12.1. The van der Waals surface area contributed by atoms with Crippen LogP contribution in [0.1, 0.15) is 39.5 Å². The van der Waals surface area contributed by atoms with Crippen molar-refractivity contribution in [3.8, 4) is 0 Å². The Balaban J connectivity index is 3.87. The summed E-state index contributed by atoms with van der Waals surface area (Å²) >= 11 is 0. The molecular formula is C11H22N2O3. The molecule has 0 aliphatic rings. The Morgan fingerprint density at radius 2 is 1.94 bits per heavy atom. The third-order valence-corrected chi connectivity index (χ3v) is 2.14. The van der Waals surface area contributed by atoms with Gasteiger partial charge >= 0.3 is 5.97 Å². The number of aliphatic carboxylic acids is 1. The quantitative estimate of drug-likeness (QED) is 0.511. The predicted octanol–water partition coefficient (Wildman–Crippen LogP) is 0.746. The maximum Gasteiger partial charge on any atom is 0.305 e. The Kier molecular flexibility index (Phi) is 8.52. The molecule has 94 valence electrons. The third kappa shape index (κ3) is 8.23. The van der Waals surface area contributed by atoms with E-state index in [2.05, 4.69) is 10.6 Å². The zero-order valence-electron chi connectivity index (χ0n) is 10.1. The topological polar surface area (TPSA) is 78.4 Å². The van der Waals surface area contributed by atoms with E-state index in [1.165, 1.54) is 0 Å². The summed E-state index contributed by atoms with van der Waals surface area (Å²) in [6.07, 6.45) is 2.53. The van der Waals surface area contributed by atoms with Gasteiger partial charge in [-0.1, -0.05) is 20.3 Å². The lowest BCUT2D eigenvalue weighted by Crippen LogP contribution is -2.41. The number of hydrogen-bond donors (Lipinski definition) is 3. The molecule has 1 atom stereocenters. The second-order valence-corrected chi connectivity index (χ2v) is 3.83. The summed E-state index contributed by atoms with van der Waals surface area (Å²) in [4.78, 5) is 22.0. The summed E-state index contributed by atoms with van der Waals surface area (Å²) in [5, 5.41) is 14.4. The molecule has 0 aliphatic heterocycles. The minimum atomic E-state index is -0.875. The summed E-state index contributed by atoms with van der Waals surface area (Å²) in [5.41, 5.74) is 0. The molecule has 0 aliphatic carbocycles. The molecular weight excluding hydrogens is 208 g/mol. The second kappa shape index (κ2) is 9.15. The molecule has 3 N–H and O–H groups in total. The molecule has 0 fully saturated rings. The maximum absolute atomic E-state index is 11.4. The molecule has 1 unspecified atom stereocenters. The molecule has 0 saturated carbocycles. The zero-order valence-corrected chi connectivity index (χ0v) is 10.1. The van der Waals surface area contributed by atoms with E-state index in [-0.39, 0.29) is 24.9 Å². The number of amides is 1. The first-order valence-corrected chi connectivity index (χ1v) is 5.82. The van der Waals surface area contributed by atoms with Crippen LogP contribution in [-0.4, -0.2) is 36.1 Å². The first-order chi connectivity index (χ1) is 7.60. The van der Waals surface area contributed by atoms with E-state index in [0.29, 0.717) is 6.42 Å². The first-order valence-electron chi connectivity index (χ1n) is 5.82. The van der Waals surface area contributed by atoms with E-state index in [0.717, 1.165) is 19.4 Å². The number of rotatable bonds is 9. The van der Waals surface area contributed by atoms with E-state index in [1.54, 1.807) is 0 Å². The van der Waals surface area contributed by atoms with Gasteiger partial charge in [-0.25, -0.2) is 0 Å². The van der Waals surface area contributed by atoms with E-state index in [1.807, 2.05) is 13.8 Å². The van der Waals surface area contributed by atoms with Crippen molar-refractivity contribution in [2.24, 2.45) is 0 Å². The van der Waals surface area contributed by atoms with Crippen LogP contribution in [0.25, 0.3) is 0 Å². The Hall–Kier alpha value is -1.10. The van der Waals surface area contributed by atoms with Crippen LogP contribution in [0.15, 0.2) is 0 Å². The Labute approximate surface area is 96.6 Å². The average molecular weight is 230 g/mol. The van der Waals surface area contributed by atoms with Gasteiger partial charge in [0.1, 0.15) is 0 Å².